The van der Waals surface area contributed by atoms with Gasteiger partial charge in [-0.25, -0.2) is 9.59 Å². The van der Waals surface area contributed by atoms with Crippen LogP contribution in [0.3, 0.4) is 0 Å². The van der Waals surface area contributed by atoms with E-state index >= 15 is 0 Å². The largest absolute Gasteiger partial charge is 0.493 e. The van der Waals surface area contributed by atoms with Gasteiger partial charge < -0.3 is 24.0 Å². The van der Waals surface area contributed by atoms with E-state index in [2.05, 4.69) is 0 Å². The van der Waals surface area contributed by atoms with Gasteiger partial charge in [0.1, 0.15) is 17.0 Å². The molecule has 1 heterocycles. The summed E-state index contributed by atoms with van der Waals surface area (Å²) in [6.07, 6.45) is -0.190. The van der Waals surface area contributed by atoms with Crippen molar-refractivity contribution < 1.29 is 28.7 Å². The van der Waals surface area contributed by atoms with Crippen LogP contribution >= 0.6 is 0 Å². The minimum Gasteiger partial charge on any atom is -0.493 e. The zero-order valence-electron chi connectivity index (χ0n) is 22.8. The number of amides is 2. The van der Waals surface area contributed by atoms with Crippen molar-refractivity contribution in [3.63, 3.8) is 0 Å². The zero-order valence-corrected chi connectivity index (χ0v) is 22.8. The van der Waals surface area contributed by atoms with Crippen molar-refractivity contribution in [2.45, 2.75) is 79.6 Å². The van der Waals surface area contributed by atoms with Gasteiger partial charge in [-0.3, -0.25) is 10.1 Å². The van der Waals surface area contributed by atoms with E-state index < -0.39 is 22.2 Å². The van der Waals surface area contributed by atoms with Gasteiger partial charge in [-0.05, 0) is 71.4 Å². The Kier molecular flexibility index (Phi) is 9.57. The molecule has 0 aromatic heterocycles. The maximum Gasteiger partial charge on any atom is 0.410 e. The molecule has 1 aromatic carbocycles. The lowest BCUT2D eigenvalue weighted by Crippen LogP contribution is -2.40. The second kappa shape index (κ2) is 11.8. The smallest absolute Gasteiger partial charge is 0.410 e. The first kappa shape index (κ1) is 29.2. The van der Waals surface area contributed by atoms with Crippen LogP contribution in [0.1, 0.15) is 67.4 Å². The molecule has 0 spiro atoms. The normalized spacial score (nSPS) is 16.1. The molecule has 0 bridgehead atoms. The summed E-state index contributed by atoms with van der Waals surface area (Å²) < 4.78 is 16.8. The number of rotatable bonds is 8. The summed E-state index contributed by atoms with van der Waals surface area (Å²) in [6, 6.07) is 4.55. The molecule has 1 atom stereocenters. The van der Waals surface area contributed by atoms with E-state index in [4.69, 9.17) is 14.2 Å². The number of nitro groups is 1. The number of likely N-dealkylation sites (tertiary alicyclic amines) is 1. The van der Waals surface area contributed by atoms with E-state index in [0.29, 0.717) is 44.0 Å². The van der Waals surface area contributed by atoms with Gasteiger partial charge in [-0.1, -0.05) is 13.8 Å². The number of hydrogen-bond donors (Lipinski definition) is 0. The highest BCUT2D eigenvalue weighted by molar-refractivity contribution is 5.69. The second-order valence-corrected chi connectivity index (χ2v) is 11.7. The molecular weight excluding hydrogens is 466 g/mol. The van der Waals surface area contributed by atoms with Crippen LogP contribution < -0.4 is 4.74 Å². The van der Waals surface area contributed by atoms with Gasteiger partial charge in [0.25, 0.3) is 5.69 Å². The maximum atomic E-state index is 13.1. The Morgan fingerprint density at radius 1 is 1.11 bits per heavy atom. The van der Waals surface area contributed by atoms with Crippen LogP contribution in [0.4, 0.5) is 15.3 Å². The van der Waals surface area contributed by atoms with E-state index in [1.807, 2.05) is 34.6 Å². The lowest BCUT2D eigenvalue weighted by atomic mass is 10.1. The predicted molar refractivity (Wildman–Crippen MR) is 136 cm³/mol. The van der Waals surface area contributed by atoms with Crippen LogP contribution in [0.2, 0.25) is 0 Å². The number of ether oxygens (including phenoxy) is 3. The maximum absolute atomic E-state index is 13.1. The predicted octanol–water partition coefficient (Wildman–Crippen LogP) is 5.62. The highest BCUT2D eigenvalue weighted by atomic mass is 16.6. The number of benzene rings is 1. The van der Waals surface area contributed by atoms with Gasteiger partial charge >= 0.3 is 12.2 Å². The molecule has 1 aliphatic rings. The fourth-order valence-corrected chi connectivity index (χ4v) is 3.72. The van der Waals surface area contributed by atoms with Crippen LogP contribution in [0.25, 0.3) is 0 Å². The highest BCUT2D eigenvalue weighted by Crippen LogP contribution is 2.27. The molecule has 1 fully saturated rings. The summed E-state index contributed by atoms with van der Waals surface area (Å²) in [5, 5.41) is 11.5. The van der Waals surface area contributed by atoms with Crippen molar-refractivity contribution in [1.82, 2.24) is 9.80 Å². The monoisotopic (exact) mass is 507 g/mol. The molecule has 36 heavy (non-hydrogen) atoms. The minimum absolute atomic E-state index is 0.0143. The van der Waals surface area contributed by atoms with E-state index in [-0.39, 0.29) is 30.2 Å². The van der Waals surface area contributed by atoms with Crippen LogP contribution in [0.15, 0.2) is 18.2 Å². The fourth-order valence-electron chi connectivity index (χ4n) is 3.72. The third-order valence-electron chi connectivity index (χ3n) is 5.19. The fraction of sp³-hybridized carbons (Fsp3) is 0.692. The summed E-state index contributed by atoms with van der Waals surface area (Å²) in [7, 11) is 0. The summed E-state index contributed by atoms with van der Waals surface area (Å²) in [5.41, 5.74) is -0.833. The molecule has 202 valence electrons. The topological polar surface area (TPSA) is 111 Å². The van der Waals surface area contributed by atoms with Gasteiger partial charge in [0.2, 0.25) is 0 Å². The zero-order chi connectivity index (χ0) is 27.3. The number of hydrogen-bond acceptors (Lipinski definition) is 7. The number of nitrogens with zero attached hydrogens (tertiary/aromatic N) is 3. The molecule has 2 amide bonds. The van der Waals surface area contributed by atoms with Gasteiger partial charge in [0.05, 0.1) is 17.6 Å². The van der Waals surface area contributed by atoms with Gasteiger partial charge in [-0.2, -0.15) is 0 Å². The third kappa shape index (κ3) is 9.91. The van der Waals surface area contributed by atoms with Crippen molar-refractivity contribution >= 4 is 17.9 Å². The van der Waals surface area contributed by atoms with Crippen molar-refractivity contribution in [1.29, 1.82) is 0 Å². The molecule has 10 heteroatoms. The van der Waals surface area contributed by atoms with Crippen molar-refractivity contribution in [3.05, 3.63) is 33.9 Å². The Morgan fingerprint density at radius 3 is 2.31 bits per heavy atom. The Labute approximate surface area is 214 Å². The average Bonchev–Trinajstić information content (AvgIpc) is 3.18. The lowest BCUT2D eigenvalue weighted by molar-refractivity contribution is -0.385. The molecule has 2 rings (SSSR count). The number of non-ortho nitro benzene ring substituents is 1. The Balaban J connectivity index is 2.23. The quantitative estimate of drug-likeness (QED) is 0.331. The van der Waals surface area contributed by atoms with Crippen LogP contribution in [0.5, 0.6) is 5.75 Å². The molecule has 0 aliphatic carbocycles. The van der Waals surface area contributed by atoms with Crippen LogP contribution in [-0.2, 0) is 16.0 Å². The van der Waals surface area contributed by atoms with E-state index in [0.717, 1.165) is 0 Å². The standard InChI is InChI=1S/C26H41N3O7/c1-18(2)17-34-22-12-20(11-21(13-22)29(32)33)16-28(24(31)36-26(6,7)8)15-19-9-10-27(14-19)23(30)35-25(3,4)5/h11-13,18-19H,9-10,14-17H2,1-8H3. The molecule has 0 saturated carbocycles. The van der Waals surface area contributed by atoms with E-state index in [1.54, 1.807) is 36.6 Å². The SMILES string of the molecule is CC(C)COc1cc(CN(CC2CCN(C(=O)OC(C)(C)C)C2)C(=O)OC(C)(C)C)cc([N+](=O)[O-])c1. The Bertz CT molecular complexity index is 934. The van der Waals surface area contributed by atoms with Crippen LogP contribution in [0, 0.1) is 22.0 Å². The van der Waals surface area contributed by atoms with E-state index in [1.165, 1.54) is 12.1 Å². The molecular formula is C26H41N3O7. The molecule has 10 nitrogen and oxygen atoms in total. The van der Waals surface area contributed by atoms with Crippen molar-refractivity contribution in [3.8, 4) is 5.75 Å². The van der Waals surface area contributed by atoms with Gasteiger partial charge in [-0.15, -0.1) is 0 Å². The van der Waals surface area contributed by atoms with Gasteiger partial charge in [0, 0.05) is 32.2 Å². The second-order valence-electron chi connectivity index (χ2n) is 11.7. The molecule has 1 aliphatic heterocycles. The molecule has 1 aromatic rings. The Morgan fingerprint density at radius 2 is 1.75 bits per heavy atom. The highest BCUT2D eigenvalue weighted by Gasteiger charge is 2.33. The third-order valence-corrected chi connectivity index (χ3v) is 5.19. The molecule has 1 saturated heterocycles. The average molecular weight is 508 g/mol. The number of carbonyl (C=O) groups excluding carboxylic acids is 2. The molecule has 0 radical (unpaired) electrons. The summed E-state index contributed by atoms with van der Waals surface area (Å²) >= 11 is 0. The minimum atomic E-state index is -0.707. The first-order valence-electron chi connectivity index (χ1n) is 12.4. The summed E-state index contributed by atoms with van der Waals surface area (Å²) in [5.74, 6) is 0.649. The van der Waals surface area contributed by atoms with Crippen molar-refractivity contribution in [2.24, 2.45) is 11.8 Å². The first-order chi connectivity index (χ1) is 16.5. The summed E-state index contributed by atoms with van der Waals surface area (Å²) in [6.45, 7) is 16.6. The van der Waals surface area contributed by atoms with E-state index in [9.17, 15) is 19.7 Å². The number of carbonyl (C=O) groups is 2. The summed E-state index contributed by atoms with van der Waals surface area (Å²) in [4.78, 5) is 39.8. The molecule has 0 N–H and O–H groups in total. The van der Waals surface area contributed by atoms with Gasteiger partial charge in [0.15, 0.2) is 0 Å². The lowest BCUT2D eigenvalue weighted by Gasteiger charge is -2.29. The van der Waals surface area contributed by atoms with Crippen LogP contribution in [-0.4, -0.2) is 64.4 Å². The molecule has 1 unspecified atom stereocenters. The number of nitro benzene ring substituents is 1. The first-order valence-corrected chi connectivity index (χ1v) is 12.4. The van der Waals surface area contributed by atoms with Crippen molar-refractivity contribution in [2.75, 3.05) is 26.2 Å². The Hall–Kier alpha value is -3.04.